The molecule has 3 nitrogen and oxygen atoms in total. The van der Waals surface area contributed by atoms with Gasteiger partial charge in [-0.05, 0) is 19.4 Å². The van der Waals surface area contributed by atoms with E-state index in [0.29, 0.717) is 19.6 Å². The van der Waals surface area contributed by atoms with Gasteiger partial charge in [0.25, 0.3) is 0 Å². The molecule has 3 N–H and O–H groups in total. The minimum absolute atomic E-state index is 0.155. The topological polar surface area (TPSA) is 55.5 Å². The van der Waals surface area contributed by atoms with Crippen molar-refractivity contribution in [2.45, 2.75) is 38.7 Å². The van der Waals surface area contributed by atoms with Crippen molar-refractivity contribution in [3.63, 3.8) is 0 Å². The highest BCUT2D eigenvalue weighted by Crippen LogP contribution is 2.25. The molecule has 0 spiro atoms. The normalized spacial score (nSPS) is 18.2. The molecule has 0 aromatic carbocycles. The first-order valence-electron chi connectivity index (χ1n) is 5.06. The number of hydrogen-bond donors (Lipinski definition) is 2. The molecule has 80 valence electrons. The summed E-state index contributed by atoms with van der Waals surface area (Å²) in [6.07, 6.45) is 2.71. The van der Waals surface area contributed by atoms with Crippen molar-refractivity contribution < 1.29 is 9.84 Å². The average Bonchev–Trinajstić information content (AvgIpc) is 2.14. The van der Waals surface area contributed by atoms with Crippen molar-refractivity contribution in [2.75, 3.05) is 20.3 Å². The van der Waals surface area contributed by atoms with Crippen molar-refractivity contribution in [3.8, 4) is 0 Å². The van der Waals surface area contributed by atoms with Crippen LogP contribution in [0.15, 0.2) is 0 Å². The number of methoxy groups -OCH3 is 1. The number of ether oxygens (including phenoxy) is 1. The van der Waals surface area contributed by atoms with Crippen molar-refractivity contribution in [1.82, 2.24) is 0 Å². The summed E-state index contributed by atoms with van der Waals surface area (Å²) in [5.74, 6) is 0.155. The van der Waals surface area contributed by atoms with Gasteiger partial charge in [0.15, 0.2) is 0 Å². The van der Waals surface area contributed by atoms with Crippen molar-refractivity contribution in [2.24, 2.45) is 11.7 Å². The van der Waals surface area contributed by atoms with E-state index in [4.69, 9.17) is 10.5 Å². The molecular formula is C10H23NO2. The first-order valence-corrected chi connectivity index (χ1v) is 5.06. The summed E-state index contributed by atoms with van der Waals surface area (Å²) in [6.45, 7) is 4.98. The van der Waals surface area contributed by atoms with Gasteiger partial charge in [0, 0.05) is 13.0 Å². The lowest BCUT2D eigenvalue weighted by Crippen LogP contribution is -2.45. The van der Waals surface area contributed by atoms with Crippen LogP contribution in [0, 0.1) is 5.92 Å². The standard InChI is InChI=1S/C10H23NO2/c1-4-6-9(7-11)10(12,5-2)8-13-3/h9,12H,4-8,11H2,1-3H3. The molecule has 2 atom stereocenters. The molecule has 0 aliphatic rings. The molecule has 0 saturated heterocycles. The van der Waals surface area contributed by atoms with E-state index in [1.54, 1.807) is 7.11 Å². The lowest BCUT2D eigenvalue weighted by molar-refractivity contribution is -0.0764. The Hall–Kier alpha value is -0.120. The molecule has 0 amide bonds. The van der Waals surface area contributed by atoms with E-state index in [0.717, 1.165) is 12.8 Å². The molecule has 0 heterocycles. The van der Waals surface area contributed by atoms with Crippen LogP contribution in [0.2, 0.25) is 0 Å². The smallest absolute Gasteiger partial charge is 0.0917 e. The number of rotatable bonds is 7. The van der Waals surface area contributed by atoms with Crippen LogP contribution >= 0.6 is 0 Å². The Morgan fingerprint density at radius 2 is 2.08 bits per heavy atom. The summed E-state index contributed by atoms with van der Waals surface area (Å²) < 4.78 is 5.02. The molecule has 0 bridgehead atoms. The van der Waals surface area contributed by atoms with Crippen LogP contribution in [0.4, 0.5) is 0 Å². The zero-order valence-electron chi connectivity index (χ0n) is 9.05. The highest BCUT2D eigenvalue weighted by Gasteiger charge is 2.33. The highest BCUT2D eigenvalue weighted by atomic mass is 16.5. The van der Waals surface area contributed by atoms with E-state index < -0.39 is 5.60 Å². The second-order valence-electron chi connectivity index (χ2n) is 3.61. The molecule has 13 heavy (non-hydrogen) atoms. The van der Waals surface area contributed by atoms with Gasteiger partial charge >= 0.3 is 0 Å². The predicted molar refractivity (Wildman–Crippen MR) is 54.6 cm³/mol. The van der Waals surface area contributed by atoms with E-state index in [9.17, 15) is 5.11 Å². The van der Waals surface area contributed by atoms with Crippen LogP contribution in [0.5, 0.6) is 0 Å². The molecular weight excluding hydrogens is 166 g/mol. The molecule has 0 aromatic rings. The molecule has 0 saturated carbocycles. The van der Waals surface area contributed by atoms with Gasteiger partial charge in [-0.2, -0.15) is 0 Å². The first kappa shape index (κ1) is 12.9. The molecule has 0 rings (SSSR count). The Labute approximate surface area is 81.3 Å². The Kier molecular flexibility index (Phi) is 6.29. The van der Waals surface area contributed by atoms with Gasteiger partial charge in [0.1, 0.15) is 0 Å². The van der Waals surface area contributed by atoms with Gasteiger partial charge in [0.2, 0.25) is 0 Å². The zero-order chi connectivity index (χ0) is 10.3. The number of nitrogens with two attached hydrogens (primary N) is 1. The van der Waals surface area contributed by atoms with Crippen LogP contribution in [0.25, 0.3) is 0 Å². The van der Waals surface area contributed by atoms with Gasteiger partial charge in [0.05, 0.1) is 12.2 Å². The monoisotopic (exact) mass is 189 g/mol. The van der Waals surface area contributed by atoms with Crippen LogP contribution < -0.4 is 5.73 Å². The predicted octanol–water partition coefficient (Wildman–Crippen LogP) is 1.15. The Morgan fingerprint density at radius 3 is 2.38 bits per heavy atom. The van der Waals surface area contributed by atoms with Crippen LogP contribution in [0.1, 0.15) is 33.1 Å². The molecule has 0 fully saturated rings. The van der Waals surface area contributed by atoms with Crippen molar-refractivity contribution in [3.05, 3.63) is 0 Å². The summed E-state index contributed by atoms with van der Waals surface area (Å²) in [6, 6.07) is 0. The summed E-state index contributed by atoms with van der Waals surface area (Å²) >= 11 is 0. The maximum atomic E-state index is 10.2. The molecule has 0 aromatic heterocycles. The largest absolute Gasteiger partial charge is 0.387 e. The fourth-order valence-electron chi connectivity index (χ4n) is 1.71. The summed E-state index contributed by atoms with van der Waals surface area (Å²) in [5.41, 5.74) is 4.90. The van der Waals surface area contributed by atoms with Gasteiger partial charge in [-0.3, -0.25) is 0 Å². The van der Waals surface area contributed by atoms with Crippen LogP contribution in [-0.2, 0) is 4.74 Å². The molecule has 0 aliphatic heterocycles. The number of aliphatic hydroxyl groups is 1. The average molecular weight is 189 g/mol. The molecule has 0 radical (unpaired) electrons. The molecule has 2 unspecified atom stereocenters. The zero-order valence-corrected chi connectivity index (χ0v) is 9.05. The van der Waals surface area contributed by atoms with Crippen LogP contribution in [0.3, 0.4) is 0 Å². The third-order valence-corrected chi connectivity index (χ3v) is 2.69. The minimum Gasteiger partial charge on any atom is -0.387 e. The Morgan fingerprint density at radius 1 is 1.46 bits per heavy atom. The summed E-state index contributed by atoms with van der Waals surface area (Å²) in [7, 11) is 1.61. The quantitative estimate of drug-likeness (QED) is 0.631. The first-order chi connectivity index (χ1) is 6.14. The van der Waals surface area contributed by atoms with E-state index >= 15 is 0 Å². The van der Waals surface area contributed by atoms with Crippen LogP contribution in [-0.4, -0.2) is 31.0 Å². The third-order valence-electron chi connectivity index (χ3n) is 2.69. The minimum atomic E-state index is -0.737. The van der Waals surface area contributed by atoms with Gasteiger partial charge < -0.3 is 15.6 Å². The van der Waals surface area contributed by atoms with E-state index in [1.807, 2.05) is 6.92 Å². The van der Waals surface area contributed by atoms with E-state index in [1.165, 1.54) is 0 Å². The number of hydrogen-bond acceptors (Lipinski definition) is 3. The van der Waals surface area contributed by atoms with Gasteiger partial charge in [-0.1, -0.05) is 20.3 Å². The molecule has 3 heteroatoms. The highest BCUT2D eigenvalue weighted by molar-refractivity contribution is 4.85. The Bertz CT molecular complexity index is 130. The van der Waals surface area contributed by atoms with E-state index in [-0.39, 0.29) is 5.92 Å². The van der Waals surface area contributed by atoms with E-state index in [2.05, 4.69) is 6.92 Å². The summed E-state index contributed by atoms with van der Waals surface area (Å²) in [4.78, 5) is 0. The summed E-state index contributed by atoms with van der Waals surface area (Å²) in [5, 5.41) is 10.2. The second-order valence-corrected chi connectivity index (χ2v) is 3.61. The van der Waals surface area contributed by atoms with Crippen molar-refractivity contribution >= 4 is 0 Å². The SMILES string of the molecule is CCCC(CN)C(O)(CC)COC. The fraction of sp³-hybridized carbons (Fsp3) is 1.00. The third kappa shape index (κ3) is 3.63. The van der Waals surface area contributed by atoms with Gasteiger partial charge in [-0.15, -0.1) is 0 Å². The fourth-order valence-corrected chi connectivity index (χ4v) is 1.71. The maximum Gasteiger partial charge on any atom is 0.0917 e. The second kappa shape index (κ2) is 6.35. The van der Waals surface area contributed by atoms with Gasteiger partial charge in [-0.25, -0.2) is 0 Å². The lowest BCUT2D eigenvalue weighted by Gasteiger charge is -2.34. The lowest BCUT2D eigenvalue weighted by atomic mass is 9.83. The molecule has 0 aliphatic carbocycles. The maximum absolute atomic E-state index is 10.2. The van der Waals surface area contributed by atoms with Crippen molar-refractivity contribution in [1.29, 1.82) is 0 Å². The Balaban J connectivity index is 4.29.